The summed E-state index contributed by atoms with van der Waals surface area (Å²) < 4.78 is 7.25. The SMILES string of the molecule is CC(C)OCCN(C)Cc1nc(NN)c2cnn(C)c2n1. The van der Waals surface area contributed by atoms with E-state index in [1.165, 1.54) is 0 Å². The van der Waals surface area contributed by atoms with Crippen LogP contribution in [0, 0.1) is 0 Å². The Bertz CT molecular complexity index is 595. The van der Waals surface area contributed by atoms with Gasteiger partial charge in [-0.3, -0.25) is 9.58 Å². The predicted molar refractivity (Wildman–Crippen MR) is 81.5 cm³/mol. The monoisotopic (exact) mass is 293 g/mol. The standard InChI is InChI=1S/C13H23N7O/c1-9(2)21-6-5-19(3)8-11-16-12(18-14)10-7-15-20(4)13(10)17-11/h7,9H,5-6,8,14H2,1-4H3,(H,16,17,18). The van der Waals surface area contributed by atoms with Crippen molar-refractivity contribution in [1.82, 2.24) is 24.6 Å². The molecule has 8 heteroatoms. The zero-order valence-corrected chi connectivity index (χ0v) is 13.0. The number of aryl methyl sites for hydroxylation is 1. The molecule has 0 radical (unpaired) electrons. The number of anilines is 1. The number of hydrogen-bond acceptors (Lipinski definition) is 7. The Labute approximate surface area is 124 Å². The van der Waals surface area contributed by atoms with Crippen LogP contribution in [-0.2, 0) is 18.3 Å². The van der Waals surface area contributed by atoms with Crippen molar-refractivity contribution in [3.05, 3.63) is 12.0 Å². The average Bonchev–Trinajstić information content (AvgIpc) is 2.79. The van der Waals surface area contributed by atoms with Gasteiger partial charge in [0, 0.05) is 13.6 Å². The topological polar surface area (TPSA) is 94.1 Å². The zero-order valence-electron chi connectivity index (χ0n) is 13.0. The predicted octanol–water partition coefficient (Wildman–Crippen LogP) is 0.506. The summed E-state index contributed by atoms with van der Waals surface area (Å²) in [6, 6.07) is 0. The molecular formula is C13H23N7O. The minimum Gasteiger partial charge on any atom is -0.377 e. The van der Waals surface area contributed by atoms with Gasteiger partial charge in [0.05, 0.1) is 30.8 Å². The first-order valence-electron chi connectivity index (χ1n) is 6.96. The second-order valence-electron chi connectivity index (χ2n) is 5.30. The van der Waals surface area contributed by atoms with E-state index in [0.29, 0.717) is 24.8 Å². The molecule has 0 aliphatic carbocycles. The van der Waals surface area contributed by atoms with E-state index in [4.69, 9.17) is 10.6 Å². The first-order chi connectivity index (χ1) is 10.0. The van der Waals surface area contributed by atoms with Gasteiger partial charge in [-0.1, -0.05) is 0 Å². The molecule has 3 N–H and O–H groups in total. The quantitative estimate of drug-likeness (QED) is 0.567. The largest absolute Gasteiger partial charge is 0.377 e. The molecule has 0 aromatic carbocycles. The molecule has 0 unspecified atom stereocenters. The third-order valence-corrected chi connectivity index (χ3v) is 3.11. The molecule has 0 spiro atoms. The Balaban J connectivity index is 2.09. The van der Waals surface area contributed by atoms with Crippen molar-refractivity contribution in [1.29, 1.82) is 0 Å². The normalized spacial score (nSPS) is 11.8. The summed E-state index contributed by atoms with van der Waals surface area (Å²) in [5.41, 5.74) is 3.37. The van der Waals surface area contributed by atoms with Gasteiger partial charge in [0.1, 0.15) is 5.82 Å². The van der Waals surface area contributed by atoms with Crippen LogP contribution in [0.5, 0.6) is 0 Å². The van der Waals surface area contributed by atoms with Crippen LogP contribution in [0.3, 0.4) is 0 Å². The molecule has 0 saturated carbocycles. The lowest BCUT2D eigenvalue weighted by atomic mass is 10.3. The van der Waals surface area contributed by atoms with Gasteiger partial charge >= 0.3 is 0 Å². The number of ether oxygens (including phenoxy) is 1. The Morgan fingerprint density at radius 2 is 2.19 bits per heavy atom. The molecular weight excluding hydrogens is 270 g/mol. The fourth-order valence-corrected chi connectivity index (χ4v) is 2.01. The number of nitrogens with zero attached hydrogens (tertiary/aromatic N) is 5. The molecule has 0 saturated heterocycles. The highest BCUT2D eigenvalue weighted by atomic mass is 16.5. The highest BCUT2D eigenvalue weighted by molar-refractivity contribution is 5.86. The van der Waals surface area contributed by atoms with Gasteiger partial charge in [-0.25, -0.2) is 15.8 Å². The maximum absolute atomic E-state index is 5.54. The van der Waals surface area contributed by atoms with Crippen molar-refractivity contribution in [2.75, 3.05) is 25.6 Å². The van der Waals surface area contributed by atoms with Crippen LogP contribution < -0.4 is 11.3 Å². The van der Waals surface area contributed by atoms with Crippen LogP contribution in [0.4, 0.5) is 5.82 Å². The first-order valence-corrected chi connectivity index (χ1v) is 6.96. The maximum atomic E-state index is 5.54. The number of nitrogens with one attached hydrogen (secondary N) is 1. The van der Waals surface area contributed by atoms with Crippen molar-refractivity contribution >= 4 is 16.9 Å². The van der Waals surface area contributed by atoms with Crippen molar-refractivity contribution in [3.63, 3.8) is 0 Å². The van der Waals surface area contributed by atoms with E-state index in [0.717, 1.165) is 17.6 Å². The Morgan fingerprint density at radius 1 is 1.43 bits per heavy atom. The van der Waals surface area contributed by atoms with Crippen molar-refractivity contribution < 1.29 is 4.74 Å². The van der Waals surface area contributed by atoms with E-state index in [2.05, 4.69) is 25.4 Å². The minimum absolute atomic E-state index is 0.244. The fraction of sp³-hybridized carbons (Fsp3) is 0.615. The number of fused-ring (bicyclic) bond motifs is 1. The molecule has 2 aromatic heterocycles. The molecule has 2 rings (SSSR count). The summed E-state index contributed by atoms with van der Waals surface area (Å²) >= 11 is 0. The number of aromatic nitrogens is 4. The lowest BCUT2D eigenvalue weighted by Crippen LogP contribution is -2.25. The van der Waals surface area contributed by atoms with Crippen LogP contribution in [0.2, 0.25) is 0 Å². The molecule has 8 nitrogen and oxygen atoms in total. The first kappa shape index (κ1) is 15.6. The van der Waals surface area contributed by atoms with Gasteiger partial charge in [-0.2, -0.15) is 5.10 Å². The van der Waals surface area contributed by atoms with Gasteiger partial charge in [0.15, 0.2) is 11.5 Å². The molecule has 2 heterocycles. The van der Waals surface area contributed by atoms with E-state index in [1.54, 1.807) is 10.9 Å². The van der Waals surface area contributed by atoms with E-state index in [-0.39, 0.29) is 6.10 Å². The molecule has 21 heavy (non-hydrogen) atoms. The van der Waals surface area contributed by atoms with E-state index >= 15 is 0 Å². The maximum Gasteiger partial charge on any atom is 0.163 e. The van der Waals surface area contributed by atoms with Crippen molar-refractivity contribution in [2.24, 2.45) is 12.9 Å². The lowest BCUT2D eigenvalue weighted by Gasteiger charge is -2.17. The molecule has 0 amide bonds. The summed E-state index contributed by atoms with van der Waals surface area (Å²) in [6.07, 6.45) is 1.95. The van der Waals surface area contributed by atoms with E-state index in [9.17, 15) is 0 Å². The van der Waals surface area contributed by atoms with Crippen LogP contribution in [0.25, 0.3) is 11.0 Å². The summed E-state index contributed by atoms with van der Waals surface area (Å²) in [5.74, 6) is 6.82. The van der Waals surface area contributed by atoms with Crippen LogP contribution in [0.1, 0.15) is 19.7 Å². The van der Waals surface area contributed by atoms with Gasteiger partial charge in [-0.15, -0.1) is 0 Å². The number of rotatable bonds is 7. The van der Waals surface area contributed by atoms with Gasteiger partial charge in [-0.05, 0) is 20.9 Å². The third kappa shape index (κ3) is 3.87. The molecule has 116 valence electrons. The number of hydrazine groups is 1. The number of nitrogen functional groups attached to an aromatic ring is 1. The van der Waals surface area contributed by atoms with Gasteiger partial charge < -0.3 is 10.2 Å². The van der Waals surface area contributed by atoms with Crippen molar-refractivity contribution in [2.45, 2.75) is 26.5 Å². The van der Waals surface area contributed by atoms with E-state index < -0.39 is 0 Å². The Hall–Kier alpha value is -1.77. The Kier molecular flexibility index (Phi) is 5.05. The number of hydrogen-bond donors (Lipinski definition) is 2. The Morgan fingerprint density at radius 3 is 2.86 bits per heavy atom. The highest BCUT2D eigenvalue weighted by Gasteiger charge is 2.12. The van der Waals surface area contributed by atoms with Gasteiger partial charge in [0.2, 0.25) is 0 Å². The highest BCUT2D eigenvalue weighted by Crippen LogP contribution is 2.18. The third-order valence-electron chi connectivity index (χ3n) is 3.11. The van der Waals surface area contributed by atoms with Crippen LogP contribution >= 0.6 is 0 Å². The summed E-state index contributed by atoms with van der Waals surface area (Å²) in [7, 11) is 3.86. The second-order valence-corrected chi connectivity index (χ2v) is 5.30. The summed E-state index contributed by atoms with van der Waals surface area (Å²) in [6.45, 7) is 6.18. The molecule has 0 fully saturated rings. The molecule has 0 atom stereocenters. The smallest absolute Gasteiger partial charge is 0.163 e. The van der Waals surface area contributed by atoms with E-state index in [1.807, 2.05) is 27.9 Å². The number of nitrogens with two attached hydrogens (primary N) is 1. The molecule has 0 aliphatic heterocycles. The van der Waals surface area contributed by atoms with Gasteiger partial charge in [0.25, 0.3) is 0 Å². The number of likely N-dealkylation sites (N-methyl/N-ethyl adjacent to an activating group) is 1. The van der Waals surface area contributed by atoms with Crippen molar-refractivity contribution in [3.8, 4) is 0 Å². The molecule has 2 aromatic rings. The lowest BCUT2D eigenvalue weighted by molar-refractivity contribution is 0.0623. The zero-order chi connectivity index (χ0) is 15.4. The molecule has 0 aliphatic rings. The summed E-state index contributed by atoms with van der Waals surface area (Å²) in [4.78, 5) is 11.1. The molecule has 0 bridgehead atoms. The summed E-state index contributed by atoms with van der Waals surface area (Å²) in [5, 5.41) is 4.99. The fourth-order valence-electron chi connectivity index (χ4n) is 2.01. The second kappa shape index (κ2) is 6.79. The van der Waals surface area contributed by atoms with Crippen LogP contribution in [-0.4, -0.2) is 51.0 Å². The van der Waals surface area contributed by atoms with Crippen LogP contribution in [0.15, 0.2) is 6.20 Å². The minimum atomic E-state index is 0.244. The average molecular weight is 293 g/mol.